The van der Waals surface area contributed by atoms with Crippen LogP contribution >= 0.6 is 11.6 Å². The maximum absolute atomic E-state index is 8.10. The molecular formula is C12H7ClN4. The van der Waals surface area contributed by atoms with Gasteiger partial charge in [-0.25, -0.2) is 0 Å². The second-order valence-corrected chi connectivity index (χ2v) is 3.62. The molecule has 4 nitrogen and oxygen atoms in total. The molecule has 0 saturated heterocycles. The molecule has 0 amide bonds. The number of nitrogens with zero attached hydrogens (tertiary/aromatic N) is 4. The van der Waals surface area contributed by atoms with E-state index in [0.717, 1.165) is 16.5 Å². The summed E-state index contributed by atoms with van der Waals surface area (Å²) in [5.74, 6) is 5.64. The van der Waals surface area contributed by atoms with Crippen LogP contribution in [0.3, 0.4) is 0 Å². The van der Waals surface area contributed by atoms with E-state index in [1.807, 2.05) is 18.2 Å². The molecule has 0 aliphatic carbocycles. The predicted molar refractivity (Wildman–Crippen MR) is 67.6 cm³/mol. The number of hydrogen-bond donors (Lipinski definition) is 0. The molecule has 2 aromatic rings. The van der Waals surface area contributed by atoms with Gasteiger partial charge in [-0.1, -0.05) is 34.6 Å². The van der Waals surface area contributed by atoms with Crippen LogP contribution in [0.2, 0.25) is 5.02 Å². The molecule has 0 N–H and O–H groups in total. The van der Waals surface area contributed by atoms with Gasteiger partial charge in [0.05, 0.1) is 17.1 Å². The van der Waals surface area contributed by atoms with Crippen molar-refractivity contribution in [1.29, 1.82) is 0 Å². The third kappa shape index (κ3) is 2.67. The average molecular weight is 243 g/mol. The summed E-state index contributed by atoms with van der Waals surface area (Å²) in [6, 6.07) is 7.34. The van der Waals surface area contributed by atoms with E-state index in [1.165, 1.54) is 0 Å². The molecule has 82 valence electrons. The van der Waals surface area contributed by atoms with Crippen LogP contribution in [0.15, 0.2) is 35.6 Å². The average Bonchev–Trinajstić information content (AvgIpc) is 2.35. The van der Waals surface area contributed by atoms with Crippen LogP contribution in [0.4, 0.5) is 0 Å². The normalized spacial score (nSPS) is 9.24. The Morgan fingerprint density at radius 3 is 3.12 bits per heavy atom. The second-order valence-electron chi connectivity index (χ2n) is 3.22. The van der Waals surface area contributed by atoms with Crippen molar-refractivity contribution >= 4 is 22.5 Å². The van der Waals surface area contributed by atoms with E-state index < -0.39 is 0 Å². The van der Waals surface area contributed by atoms with Crippen LogP contribution in [0.25, 0.3) is 21.3 Å². The van der Waals surface area contributed by atoms with Crippen molar-refractivity contribution in [2.75, 3.05) is 6.54 Å². The van der Waals surface area contributed by atoms with Gasteiger partial charge in [0.25, 0.3) is 0 Å². The Balaban J connectivity index is 2.37. The minimum absolute atomic E-state index is 0.164. The van der Waals surface area contributed by atoms with E-state index >= 15 is 0 Å². The Morgan fingerprint density at radius 2 is 2.29 bits per heavy atom. The van der Waals surface area contributed by atoms with Gasteiger partial charge in [0.1, 0.15) is 0 Å². The van der Waals surface area contributed by atoms with Crippen molar-refractivity contribution in [3.8, 4) is 11.8 Å². The molecular weight excluding hydrogens is 236 g/mol. The maximum Gasteiger partial charge on any atom is 0.0880 e. The van der Waals surface area contributed by atoms with Gasteiger partial charge in [0.15, 0.2) is 0 Å². The molecule has 0 atom stereocenters. The lowest BCUT2D eigenvalue weighted by Crippen LogP contribution is -1.82. The number of rotatable bonds is 1. The van der Waals surface area contributed by atoms with E-state index in [4.69, 9.17) is 17.1 Å². The van der Waals surface area contributed by atoms with Gasteiger partial charge in [0, 0.05) is 22.1 Å². The predicted octanol–water partition coefficient (Wildman–Crippen LogP) is 3.55. The topological polar surface area (TPSA) is 61.7 Å². The van der Waals surface area contributed by atoms with Crippen molar-refractivity contribution in [2.45, 2.75) is 0 Å². The minimum Gasteiger partial charge on any atom is -0.256 e. The Bertz CT molecular complexity index is 663. The summed E-state index contributed by atoms with van der Waals surface area (Å²) >= 11 is 6.02. The third-order valence-electron chi connectivity index (χ3n) is 2.14. The number of hydrogen-bond acceptors (Lipinski definition) is 2. The van der Waals surface area contributed by atoms with Gasteiger partial charge in [-0.2, -0.15) is 0 Å². The fraction of sp³-hybridized carbons (Fsp3) is 0.0833. The summed E-state index contributed by atoms with van der Waals surface area (Å²) in [5.41, 5.74) is 9.72. The molecule has 17 heavy (non-hydrogen) atoms. The van der Waals surface area contributed by atoms with Crippen molar-refractivity contribution in [3.05, 3.63) is 51.5 Å². The molecule has 1 aromatic carbocycles. The second kappa shape index (κ2) is 5.22. The number of halogens is 1. The highest BCUT2D eigenvalue weighted by molar-refractivity contribution is 6.35. The molecule has 1 aromatic heterocycles. The maximum atomic E-state index is 8.10. The lowest BCUT2D eigenvalue weighted by Gasteiger charge is -1.99. The van der Waals surface area contributed by atoms with Gasteiger partial charge < -0.3 is 0 Å². The summed E-state index contributed by atoms with van der Waals surface area (Å²) in [6.07, 6.45) is 1.65. The molecule has 1 heterocycles. The van der Waals surface area contributed by atoms with E-state index in [0.29, 0.717) is 5.02 Å². The first-order valence-electron chi connectivity index (χ1n) is 4.85. The van der Waals surface area contributed by atoms with Crippen LogP contribution in [-0.4, -0.2) is 11.5 Å². The minimum atomic E-state index is 0.164. The number of fused-ring (bicyclic) bond motifs is 1. The smallest absolute Gasteiger partial charge is 0.0880 e. The van der Waals surface area contributed by atoms with Gasteiger partial charge in [-0.15, -0.1) is 0 Å². The van der Waals surface area contributed by atoms with Crippen molar-refractivity contribution < 1.29 is 0 Å². The summed E-state index contributed by atoms with van der Waals surface area (Å²) < 4.78 is 0. The van der Waals surface area contributed by atoms with Crippen LogP contribution < -0.4 is 0 Å². The van der Waals surface area contributed by atoms with E-state index in [9.17, 15) is 0 Å². The molecule has 2 rings (SSSR count). The van der Waals surface area contributed by atoms with Gasteiger partial charge >= 0.3 is 0 Å². The van der Waals surface area contributed by atoms with Crippen molar-refractivity contribution in [2.24, 2.45) is 5.11 Å². The van der Waals surface area contributed by atoms with E-state index in [2.05, 4.69) is 26.9 Å². The standard InChI is InChI=1S/C12H7ClN4/c13-11-5-7-15-12-8-9(3-4-10(11)12)2-1-6-16-17-14/h3-5,7-8H,6H2. The summed E-state index contributed by atoms with van der Waals surface area (Å²) in [4.78, 5) is 6.83. The summed E-state index contributed by atoms with van der Waals surface area (Å²) in [7, 11) is 0. The Kier molecular flexibility index (Phi) is 3.46. The van der Waals surface area contributed by atoms with Crippen LogP contribution in [0, 0.1) is 11.8 Å². The molecule has 5 heteroatoms. The number of aromatic nitrogens is 1. The third-order valence-corrected chi connectivity index (χ3v) is 2.46. The highest BCUT2D eigenvalue weighted by atomic mass is 35.5. The van der Waals surface area contributed by atoms with Gasteiger partial charge in [0.2, 0.25) is 0 Å². The zero-order valence-electron chi connectivity index (χ0n) is 8.76. The molecule has 0 radical (unpaired) electrons. The molecule has 0 spiro atoms. The number of pyridine rings is 1. The molecule has 0 saturated carbocycles. The SMILES string of the molecule is [N-]=[N+]=NCC#Cc1ccc2c(Cl)ccnc2c1. The molecule has 0 aliphatic rings. The lowest BCUT2D eigenvalue weighted by molar-refractivity contribution is 1.25. The van der Waals surface area contributed by atoms with E-state index in [1.54, 1.807) is 12.3 Å². The number of azide groups is 1. The van der Waals surface area contributed by atoms with Crippen molar-refractivity contribution in [3.63, 3.8) is 0 Å². The first-order valence-corrected chi connectivity index (χ1v) is 5.23. The van der Waals surface area contributed by atoms with Crippen molar-refractivity contribution in [1.82, 2.24) is 4.98 Å². The molecule has 0 bridgehead atoms. The van der Waals surface area contributed by atoms with Crippen LogP contribution in [-0.2, 0) is 0 Å². The Hall–Kier alpha value is -2.21. The quantitative estimate of drug-likeness (QED) is 0.326. The molecule has 0 aliphatic heterocycles. The van der Waals surface area contributed by atoms with Gasteiger partial charge in [-0.3, -0.25) is 4.98 Å². The van der Waals surface area contributed by atoms with Crippen LogP contribution in [0.5, 0.6) is 0 Å². The highest BCUT2D eigenvalue weighted by Crippen LogP contribution is 2.21. The van der Waals surface area contributed by atoms with Crippen LogP contribution in [0.1, 0.15) is 5.56 Å². The summed E-state index contributed by atoms with van der Waals surface area (Å²) in [5, 5.41) is 4.90. The molecule has 0 unspecified atom stereocenters. The van der Waals surface area contributed by atoms with Gasteiger partial charge in [-0.05, 0) is 23.7 Å². The first-order chi connectivity index (χ1) is 8.31. The van der Waals surface area contributed by atoms with E-state index in [-0.39, 0.29) is 6.54 Å². The fourth-order valence-corrected chi connectivity index (χ4v) is 1.62. The first kappa shape index (κ1) is 11.3. The molecule has 0 fully saturated rings. The zero-order valence-corrected chi connectivity index (χ0v) is 9.52. The lowest BCUT2D eigenvalue weighted by atomic mass is 10.1. The summed E-state index contributed by atoms with van der Waals surface area (Å²) in [6.45, 7) is 0.164. The largest absolute Gasteiger partial charge is 0.256 e. The monoisotopic (exact) mass is 242 g/mol. The Labute approximate surface area is 103 Å². The highest BCUT2D eigenvalue weighted by Gasteiger charge is 1.99. The Morgan fingerprint density at radius 1 is 1.41 bits per heavy atom. The number of benzene rings is 1. The zero-order chi connectivity index (χ0) is 12.1. The fourth-order valence-electron chi connectivity index (χ4n) is 1.40.